The highest BCUT2D eigenvalue weighted by Crippen LogP contribution is 2.30. The molecule has 0 aliphatic carbocycles. The van der Waals surface area contributed by atoms with Crippen molar-refractivity contribution in [1.29, 1.82) is 0 Å². The summed E-state index contributed by atoms with van der Waals surface area (Å²) in [6.45, 7) is 1.86. The van der Waals surface area contributed by atoms with Crippen LogP contribution in [0.4, 0.5) is 13.2 Å². The summed E-state index contributed by atoms with van der Waals surface area (Å²) in [6, 6.07) is 12.4. The minimum absolute atomic E-state index is 0.288. The molecule has 2 aromatic rings. The summed E-state index contributed by atoms with van der Waals surface area (Å²) in [6.07, 6.45) is -1.76. The van der Waals surface area contributed by atoms with E-state index in [1.54, 1.807) is 32.4 Å². The average molecular weight is 479 g/mol. The number of benzene rings is 2. The van der Waals surface area contributed by atoms with Gasteiger partial charge in [0.2, 0.25) is 0 Å². The Balaban J connectivity index is 1.61. The van der Waals surface area contributed by atoms with Gasteiger partial charge in [0.25, 0.3) is 6.29 Å². The third kappa shape index (κ3) is 6.44. The van der Waals surface area contributed by atoms with Crippen molar-refractivity contribution < 1.29 is 37.0 Å². The van der Waals surface area contributed by atoms with Gasteiger partial charge in [-0.25, -0.2) is 0 Å². The van der Waals surface area contributed by atoms with Crippen LogP contribution in [0.25, 0.3) is 12.2 Å². The third-order valence-corrected chi connectivity index (χ3v) is 5.53. The first-order valence-corrected chi connectivity index (χ1v) is 10.6. The van der Waals surface area contributed by atoms with E-state index < -0.39 is 24.1 Å². The predicted molar refractivity (Wildman–Crippen MR) is 122 cm³/mol. The molecule has 5 atom stereocenters. The van der Waals surface area contributed by atoms with E-state index in [-0.39, 0.29) is 18.3 Å². The molecule has 1 aliphatic rings. The van der Waals surface area contributed by atoms with Crippen LogP contribution < -0.4 is 0 Å². The van der Waals surface area contributed by atoms with Gasteiger partial charge < -0.3 is 23.8 Å². The molecule has 0 spiro atoms. The SMILES string of the molecule is CO[C@@H]1[C@@H](OC)[C@H](C)O[C@@H](ON=Cc2ccc(C=Cc3cccc(C(F)(F)F)c3)cc2)[C@@H]1OC. The van der Waals surface area contributed by atoms with Crippen LogP contribution in [0.3, 0.4) is 0 Å². The fourth-order valence-corrected chi connectivity index (χ4v) is 3.76. The molecule has 0 radical (unpaired) electrons. The van der Waals surface area contributed by atoms with Crippen LogP contribution in [0, 0.1) is 0 Å². The highest BCUT2D eigenvalue weighted by atomic mass is 19.4. The van der Waals surface area contributed by atoms with Crippen LogP contribution in [0.5, 0.6) is 0 Å². The molecular formula is C25H28F3NO5. The van der Waals surface area contributed by atoms with Crippen LogP contribution >= 0.6 is 0 Å². The maximum absolute atomic E-state index is 12.9. The number of ether oxygens (including phenoxy) is 4. The molecule has 0 aromatic heterocycles. The third-order valence-electron chi connectivity index (χ3n) is 5.53. The number of alkyl halides is 3. The van der Waals surface area contributed by atoms with Gasteiger partial charge >= 0.3 is 6.18 Å². The maximum Gasteiger partial charge on any atom is 0.416 e. The standard InChI is InChI=1S/C25H28F3NO5/c1-16-21(30-2)22(31-3)23(32-4)24(33-16)34-29-15-19-12-9-17(10-13-19)8-11-18-6-5-7-20(14-18)25(26,27)28/h5-16,21-24H,1-4H3/t16-,21-,22+,23+,24-/m0/s1. The van der Waals surface area contributed by atoms with Gasteiger partial charge in [-0.05, 0) is 35.7 Å². The van der Waals surface area contributed by atoms with Crippen molar-refractivity contribution in [1.82, 2.24) is 0 Å². The van der Waals surface area contributed by atoms with E-state index in [0.717, 1.165) is 23.3 Å². The molecule has 1 heterocycles. The first kappa shape index (κ1) is 25.9. The lowest BCUT2D eigenvalue weighted by Crippen LogP contribution is -2.59. The Labute approximate surface area is 196 Å². The van der Waals surface area contributed by atoms with E-state index in [9.17, 15) is 13.2 Å². The van der Waals surface area contributed by atoms with Crippen LogP contribution in [0.15, 0.2) is 53.7 Å². The molecule has 6 nitrogen and oxygen atoms in total. The highest BCUT2D eigenvalue weighted by Gasteiger charge is 2.46. The summed E-state index contributed by atoms with van der Waals surface area (Å²) in [5.74, 6) is 0. The number of oxime groups is 1. The fourth-order valence-electron chi connectivity index (χ4n) is 3.76. The van der Waals surface area contributed by atoms with Gasteiger partial charge in [-0.3, -0.25) is 0 Å². The molecule has 1 saturated heterocycles. The van der Waals surface area contributed by atoms with Gasteiger partial charge in [-0.1, -0.05) is 53.7 Å². The Bertz CT molecular complexity index is 977. The van der Waals surface area contributed by atoms with Crippen molar-refractivity contribution in [2.45, 2.75) is 43.8 Å². The zero-order valence-electron chi connectivity index (χ0n) is 19.4. The van der Waals surface area contributed by atoms with Crippen molar-refractivity contribution in [3.8, 4) is 0 Å². The molecule has 0 unspecified atom stereocenters. The molecule has 3 rings (SSSR count). The quantitative estimate of drug-likeness (QED) is 0.303. The Morgan fingerprint density at radius 1 is 0.824 bits per heavy atom. The minimum atomic E-state index is -4.37. The van der Waals surface area contributed by atoms with E-state index in [4.69, 9.17) is 23.8 Å². The van der Waals surface area contributed by atoms with Crippen molar-refractivity contribution in [2.75, 3.05) is 21.3 Å². The van der Waals surface area contributed by atoms with E-state index in [0.29, 0.717) is 5.56 Å². The first-order valence-electron chi connectivity index (χ1n) is 10.6. The van der Waals surface area contributed by atoms with Gasteiger partial charge in [0.05, 0.1) is 17.9 Å². The molecule has 0 saturated carbocycles. The summed E-state index contributed by atoms with van der Waals surface area (Å²) in [4.78, 5) is 5.54. The number of rotatable bonds is 8. The normalized spacial score (nSPS) is 25.8. The maximum atomic E-state index is 12.9. The molecule has 0 bridgehead atoms. The molecule has 34 heavy (non-hydrogen) atoms. The van der Waals surface area contributed by atoms with E-state index >= 15 is 0 Å². The van der Waals surface area contributed by atoms with Gasteiger partial charge in [0, 0.05) is 21.3 Å². The molecule has 0 N–H and O–H groups in total. The first-order chi connectivity index (χ1) is 16.3. The number of methoxy groups -OCH3 is 3. The van der Waals surface area contributed by atoms with Crippen LogP contribution in [-0.2, 0) is 30.0 Å². The van der Waals surface area contributed by atoms with Crippen LogP contribution in [-0.4, -0.2) is 58.2 Å². The van der Waals surface area contributed by atoms with Crippen molar-refractivity contribution in [2.24, 2.45) is 5.16 Å². The molecular weight excluding hydrogens is 451 g/mol. The van der Waals surface area contributed by atoms with Gasteiger partial charge in [0.1, 0.15) is 12.2 Å². The number of nitrogens with zero attached hydrogens (tertiary/aromatic N) is 1. The summed E-state index contributed by atoms with van der Waals surface area (Å²) >= 11 is 0. The molecule has 184 valence electrons. The van der Waals surface area contributed by atoms with Crippen LogP contribution in [0.2, 0.25) is 0 Å². The van der Waals surface area contributed by atoms with Crippen molar-refractivity contribution in [3.63, 3.8) is 0 Å². The monoisotopic (exact) mass is 479 g/mol. The Hall–Kier alpha value is -2.72. The van der Waals surface area contributed by atoms with E-state index in [1.807, 2.05) is 31.2 Å². The Morgan fingerprint density at radius 2 is 1.44 bits per heavy atom. The van der Waals surface area contributed by atoms with E-state index in [2.05, 4.69) is 5.16 Å². The Morgan fingerprint density at radius 3 is 2.06 bits per heavy atom. The lowest BCUT2D eigenvalue weighted by atomic mass is 9.99. The lowest BCUT2D eigenvalue weighted by molar-refractivity contribution is -0.305. The van der Waals surface area contributed by atoms with Crippen molar-refractivity contribution in [3.05, 3.63) is 70.8 Å². The summed E-state index contributed by atoms with van der Waals surface area (Å²) in [5.41, 5.74) is 1.39. The second kappa shape index (κ2) is 11.6. The summed E-state index contributed by atoms with van der Waals surface area (Å²) in [5, 5.41) is 4.02. The number of halogens is 3. The lowest BCUT2D eigenvalue weighted by Gasteiger charge is -2.42. The second-order valence-electron chi connectivity index (χ2n) is 7.77. The molecule has 9 heteroatoms. The zero-order valence-corrected chi connectivity index (χ0v) is 19.4. The predicted octanol–water partition coefficient (Wildman–Crippen LogP) is 5.02. The largest absolute Gasteiger partial charge is 0.416 e. The molecule has 1 aliphatic heterocycles. The average Bonchev–Trinajstić information content (AvgIpc) is 2.82. The molecule has 2 aromatic carbocycles. The fraction of sp³-hybridized carbons (Fsp3) is 0.400. The topological polar surface area (TPSA) is 58.5 Å². The van der Waals surface area contributed by atoms with Crippen molar-refractivity contribution >= 4 is 18.4 Å². The highest BCUT2D eigenvalue weighted by molar-refractivity contribution is 5.80. The number of hydrogen-bond acceptors (Lipinski definition) is 6. The van der Waals surface area contributed by atoms with E-state index in [1.165, 1.54) is 19.4 Å². The van der Waals surface area contributed by atoms with Gasteiger partial charge in [-0.15, -0.1) is 0 Å². The van der Waals surface area contributed by atoms with Crippen LogP contribution in [0.1, 0.15) is 29.2 Å². The Kier molecular flexibility index (Phi) is 8.84. The summed E-state index contributed by atoms with van der Waals surface area (Å²) < 4.78 is 60.9. The molecule has 1 fully saturated rings. The zero-order chi connectivity index (χ0) is 24.7. The number of hydrogen-bond donors (Lipinski definition) is 0. The van der Waals surface area contributed by atoms with Gasteiger partial charge in [-0.2, -0.15) is 13.2 Å². The smallest absolute Gasteiger partial charge is 0.376 e. The van der Waals surface area contributed by atoms with Gasteiger partial charge in [0.15, 0.2) is 6.10 Å². The second-order valence-corrected chi connectivity index (χ2v) is 7.77. The minimum Gasteiger partial charge on any atom is -0.376 e. The molecule has 0 amide bonds. The summed E-state index contributed by atoms with van der Waals surface area (Å²) in [7, 11) is 4.69.